The summed E-state index contributed by atoms with van der Waals surface area (Å²) >= 11 is 3.09. The van der Waals surface area contributed by atoms with Crippen LogP contribution in [0, 0.1) is 18.3 Å². The number of aromatic carboxylic acids is 1. The minimum Gasteiger partial charge on any atom is -0.478 e. The van der Waals surface area contributed by atoms with E-state index in [1.54, 1.807) is 6.07 Å². The first-order valence-corrected chi connectivity index (χ1v) is 8.03. The van der Waals surface area contributed by atoms with Crippen LogP contribution in [0.5, 0.6) is 0 Å². The molecule has 1 aromatic carbocycles. The Hall–Kier alpha value is -1.92. The Labute approximate surface area is 129 Å². The van der Waals surface area contributed by atoms with Gasteiger partial charge in [-0.15, -0.1) is 0 Å². The summed E-state index contributed by atoms with van der Waals surface area (Å²) in [5, 5.41) is 19.4. The van der Waals surface area contributed by atoms with Gasteiger partial charge in [0.2, 0.25) is 5.91 Å². The maximum Gasteiger partial charge on any atom is 0.335 e. The second-order valence-corrected chi connectivity index (χ2v) is 6.89. The van der Waals surface area contributed by atoms with Crippen LogP contribution in [0.1, 0.15) is 15.9 Å². The van der Waals surface area contributed by atoms with Crippen LogP contribution >= 0.6 is 15.9 Å². The maximum atomic E-state index is 12.2. The van der Waals surface area contributed by atoms with Crippen LogP contribution in [0.15, 0.2) is 21.5 Å². The molecule has 1 amide bonds. The highest BCUT2D eigenvalue weighted by Crippen LogP contribution is 2.26. The molecule has 0 bridgehead atoms. The van der Waals surface area contributed by atoms with E-state index in [9.17, 15) is 18.0 Å². The van der Waals surface area contributed by atoms with Crippen molar-refractivity contribution in [2.75, 3.05) is 12.3 Å². The zero-order valence-corrected chi connectivity index (χ0v) is 13.3. The molecule has 0 saturated heterocycles. The van der Waals surface area contributed by atoms with E-state index in [1.807, 2.05) is 0 Å². The quantitative estimate of drug-likeness (QED) is 0.736. The van der Waals surface area contributed by atoms with Crippen molar-refractivity contribution in [2.24, 2.45) is 0 Å². The topological polar surface area (TPSA) is 124 Å². The normalized spacial score (nSPS) is 10.7. The third-order valence-electron chi connectivity index (χ3n) is 2.56. The van der Waals surface area contributed by atoms with Gasteiger partial charge >= 0.3 is 5.97 Å². The Morgan fingerprint density at radius 2 is 2.05 bits per heavy atom. The molecule has 0 aliphatic heterocycles. The van der Waals surface area contributed by atoms with Crippen LogP contribution in [0.3, 0.4) is 0 Å². The third-order valence-corrected chi connectivity index (χ3v) is 5.12. The van der Waals surface area contributed by atoms with Gasteiger partial charge < -0.3 is 10.4 Å². The van der Waals surface area contributed by atoms with Crippen LogP contribution in [0.25, 0.3) is 0 Å². The van der Waals surface area contributed by atoms with Gasteiger partial charge in [-0.25, -0.2) is 13.2 Å². The predicted molar refractivity (Wildman–Crippen MR) is 76.5 cm³/mol. The summed E-state index contributed by atoms with van der Waals surface area (Å²) in [5.74, 6) is -2.96. The van der Waals surface area contributed by atoms with E-state index in [0.717, 1.165) is 6.07 Å². The minimum absolute atomic E-state index is 0.205. The fourth-order valence-electron chi connectivity index (χ4n) is 1.54. The van der Waals surface area contributed by atoms with Gasteiger partial charge in [-0.05, 0) is 24.6 Å². The average molecular weight is 375 g/mol. The van der Waals surface area contributed by atoms with E-state index >= 15 is 0 Å². The second-order valence-electron chi connectivity index (χ2n) is 4.08. The van der Waals surface area contributed by atoms with Crippen LogP contribution < -0.4 is 5.32 Å². The first-order chi connectivity index (χ1) is 9.69. The summed E-state index contributed by atoms with van der Waals surface area (Å²) in [6, 6.07) is 3.95. The van der Waals surface area contributed by atoms with Gasteiger partial charge in [0.15, 0.2) is 9.84 Å². The van der Waals surface area contributed by atoms with Gasteiger partial charge in [0, 0.05) is 4.47 Å². The summed E-state index contributed by atoms with van der Waals surface area (Å²) < 4.78 is 24.7. The van der Waals surface area contributed by atoms with Gasteiger partial charge in [0.1, 0.15) is 12.3 Å². The lowest BCUT2D eigenvalue weighted by Crippen LogP contribution is -2.30. The SMILES string of the molecule is Cc1c(Br)cc(C(=O)O)cc1S(=O)(=O)CC(=O)NCC#N. The van der Waals surface area contributed by atoms with Gasteiger partial charge in [-0.2, -0.15) is 5.26 Å². The number of sulfone groups is 1. The molecule has 7 nitrogen and oxygen atoms in total. The number of hydrogen-bond donors (Lipinski definition) is 2. The smallest absolute Gasteiger partial charge is 0.335 e. The molecule has 2 N–H and O–H groups in total. The molecule has 112 valence electrons. The lowest BCUT2D eigenvalue weighted by atomic mass is 10.1. The lowest BCUT2D eigenvalue weighted by molar-refractivity contribution is -0.118. The highest BCUT2D eigenvalue weighted by Gasteiger charge is 2.24. The molecule has 0 aliphatic carbocycles. The predicted octanol–water partition coefficient (Wildman–Crippen LogP) is 0.869. The monoisotopic (exact) mass is 374 g/mol. The van der Waals surface area contributed by atoms with Crippen molar-refractivity contribution in [1.29, 1.82) is 5.26 Å². The summed E-state index contributed by atoms with van der Waals surface area (Å²) in [6.45, 7) is 1.20. The molecule has 0 aromatic heterocycles. The van der Waals surface area contributed by atoms with Gasteiger partial charge in [-0.1, -0.05) is 15.9 Å². The fraction of sp³-hybridized carbons (Fsp3) is 0.250. The molecule has 0 heterocycles. The van der Waals surface area contributed by atoms with Crippen molar-refractivity contribution < 1.29 is 23.1 Å². The van der Waals surface area contributed by atoms with E-state index in [2.05, 4.69) is 21.2 Å². The van der Waals surface area contributed by atoms with Crippen molar-refractivity contribution >= 4 is 37.6 Å². The number of benzene rings is 1. The van der Waals surface area contributed by atoms with Crippen molar-refractivity contribution in [3.8, 4) is 6.07 Å². The van der Waals surface area contributed by atoms with E-state index in [-0.39, 0.29) is 17.0 Å². The summed E-state index contributed by atoms with van der Waals surface area (Å²) in [4.78, 5) is 22.2. The number of carbonyl (C=O) groups is 2. The molecule has 0 fully saturated rings. The first kappa shape index (κ1) is 17.1. The number of carboxylic acid groups (broad SMARTS) is 1. The molecule has 1 rings (SSSR count). The standard InChI is InChI=1S/C12H11BrN2O5S/c1-7-9(13)4-8(12(17)18)5-10(7)21(19,20)6-11(16)15-3-2-14/h4-5H,3,6H2,1H3,(H,15,16)(H,17,18). The summed E-state index contributed by atoms with van der Waals surface area (Å²) in [6.07, 6.45) is 0. The lowest BCUT2D eigenvalue weighted by Gasteiger charge is -2.10. The van der Waals surface area contributed by atoms with Crippen molar-refractivity contribution in [3.05, 3.63) is 27.7 Å². The molecule has 0 radical (unpaired) electrons. The number of nitriles is 1. The molecule has 9 heteroatoms. The van der Waals surface area contributed by atoms with Crippen LogP contribution in [-0.2, 0) is 14.6 Å². The van der Waals surface area contributed by atoms with E-state index in [4.69, 9.17) is 10.4 Å². The number of halogens is 1. The van der Waals surface area contributed by atoms with Crippen molar-refractivity contribution in [1.82, 2.24) is 5.32 Å². The Balaban J connectivity index is 3.22. The third kappa shape index (κ3) is 4.27. The molecule has 0 aliphatic rings. The van der Waals surface area contributed by atoms with Crippen LogP contribution in [0.2, 0.25) is 0 Å². The number of nitrogens with zero attached hydrogens (tertiary/aromatic N) is 1. The Morgan fingerprint density at radius 3 is 2.57 bits per heavy atom. The number of carbonyl (C=O) groups excluding carboxylic acids is 1. The number of rotatable bonds is 5. The largest absolute Gasteiger partial charge is 0.478 e. The molecule has 0 spiro atoms. The van der Waals surface area contributed by atoms with Gasteiger partial charge in [0.25, 0.3) is 0 Å². The maximum absolute atomic E-state index is 12.2. The molecular weight excluding hydrogens is 364 g/mol. The molecular formula is C12H11BrN2O5S. The summed E-state index contributed by atoms with van der Waals surface area (Å²) in [7, 11) is -4.01. The molecule has 1 aromatic rings. The fourth-order valence-corrected chi connectivity index (χ4v) is 3.62. The molecule has 0 saturated carbocycles. The second kappa shape index (κ2) is 6.69. The number of carboxylic acids is 1. The molecule has 21 heavy (non-hydrogen) atoms. The summed E-state index contributed by atoms with van der Waals surface area (Å²) in [5.41, 5.74) is 0.108. The van der Waals surface area contributed by atoms with Crippen molar-refractivity contribution in [3.63, 3.8) is 0 Å². The first-order valence-electron chi connectivity index (χ1n) is 5.59. The van der Waals surface area contributed by atoms with Crippen LogP contribution in [0.4, 0.5) is 0 Å². The Morgan fingerprint density at radius 1 is 1.43 bits per heavy atom. The average Bonchev–Trinajstić information content (AvgIpc) is 2.38. The highest BCUT2D eigenvalue weighted by molar-refractivity contribution is 9.10. The zero-order chi connectivity index (χ0) is 16.2. The zero-order valence-electron chi connectivity index (χ0n) is 10.9. The van der Waals surface area contributed by atoms with E-state index < -0.39 is 27.5 Å². The highest BCUT2D eigenvalue weighted by atomic mass is 79.9. The number of nitrogens with one attached hydrogen (secondary N) is 1. The van der Waals surface area contributed by atoms with E-state index in [0.29, 0.717) is 10.0 Å². The molecule has 0 unspecified atom stereocenters. The van der Waals surface area contributed by atoms with Crippen LogP contribution in [-0.4, -0.2) is 37.7 Å². The number of hydrogen-bond acceptors (Lipinski definition) is 5. The number of amides is 1. The van der Waals surface area contributed by atoms with Gasteiger partial charge in [0.05, 0.1) is 16.5 Å². The Bertz CT molecular complexity index is 737. The minimum atomic E-state index is -4.01. The van der Waals surface area contributed by atoms with Gasteiger partial charge in [-0.3, -0.25) is 4.79 Å². The van der Waals surface area contributed by atoms with E-state index in [1.165, 1.54) is 13.0 Å². The molecule has 0 atom stereocenters. The van der Waals surface area contributed by atoms with Crippen molar-refractivity contribution in [2.45, 2.75) is 11.8 Å². The Kier molecular flexibility index (Phi) is 5.46.